The van der Waals surface area contributed by atoms with Crippen LogP contribution in [0.1, 0.15) is 24.5 Å². The normalized spacial score (nSPS) is 9.19. The largest absolute Gasteiger partial charge is 0.465 e. The van der Waals surface area contributed by atoms with Crippen LogP contribution in [0.25, 0.3) is 0 Å². The van der Waals surface area contributed by atoms with Crippen LogP contribution in [0.5, 0.6) is 0 Å². The molecule has 0 saturated heterocycles. The van der Waals surface area contributed by atoms with Gasteiger partial charge in [-0.25, -0.2) is 0 Å². The second kappa shape index (κ2) is 6.34. The number of hydrogen-bond acceptors (Lipinski definition) is 2. The number of carbonyl (C=O) groups excluding carboxylic acids is 1. The van der Waals surface area contributed by atoms with E-state index >= 15 is 0 Å². The van der Waals surface area contributed by atoms with E-state index < -0.39 is 0 Å². The predicted octanol–water partition coefficient (Wildman–Crippen LogP) is 3.06. The second-order valence-corrected chi connectivity index (χ2v) is 4.16. The first-order valence-corrected chi connectivity index (χ1v) is 5.83. The molecule has 1 aromatic carbocycles. The van der Waals surface area contributed by atoms with Crippen molar-refractivity contribution in [2.75, 3.05) is 6.61 Å². The molecule has 16 heavy (non-hydrogen) atoms. The Hall–Kier alpha value is -1.27. The fourth-order valence-corrected chi connectivity index (χ4v) is 1.51. The Morgan fingerprint density at radius 3 is 2.94 bits per heavy atom. The van der Waals surface area contributed by atoms with Gasteiger partial charge in [0.15, 0.2) is 0 Å². The van der Waals surface area contributed by atoms with Crippen LogP contribution < -0.4 is 0 Å². The number of halogens is 1. The molecule has 0 bridgehead atoms. The van der Waals surface area contributed by atoms with E-state index in [2.05, 4.69) is 27.8 Å². The van der Waals surface area contributed by atoms with E-state index in [0.29, 0.717) is 6.61 Å². The number of benzene rings is 1. The highest BCUT2D eigenvalue weighted by Gasteiger charge is 1.98. The van der Waals surface area contributed by atoms with E-state index in [-0.39, 0.29) is 12.4 Å². The van der Waals surface area contributed by atoms with Gasteiger partial charge >= 0.3 is 5.97 Å². The van der Waals surface area contributed by atoms with Gasteiger partial charge in [0.1, 0.15) is 6.42 Å². The molecular weight excluding hydrogens is 268 g/mol. The van der Waals surface area contributed by atoms with Crippen molar-refractivity contribution in [1.82, 2.24) is 0 Å². The molecule has 2 nitrogen and oxygen atoms in total. The minimum absolute atomic E-state index is 0.139. The Balaban J connectivity index is 2.69. The van der Waals surface area contributed by atoms with Gasteiger partial charge in [-0.15, -0.1) is 0 Å². The van der Waals surface area contributed by atoms with E-state index in [1.54, 1.807) is 6.92 Å². The molecule has 0 aliphatic heterocycles. The summed E-state index contributed by atoms with van der Waals surface area (Å²) in [5, 5.41) is 0. The molecule has 0 saturated carbocycles. The maximum absolute atomic E-state index is 11.1. The van der Waals surface area contributed by atoms with Crippen LogP contribution >= 0.6 is 15.9 Å². The smallest absolute Gasteiger partial charge is 0.317 e. The van der Waals surface area contributed by atoms with Gasteiger partial charge in [0, 0.05) is 10.0 Å². The zero-order chi connectivity index (χ0) is 12.0. The summed E-state index contributed by atoms with van der Waals surface area (Å²) in [5.74, 6) is 5.50. The van der Waals surface area contributed by atoms with Gasteiger partial charge in [0.25, 0.3) is 0 Å². The summed E-state index contributed by atoms with van der Waals surface area (Å²) in [4.78, 5) is 11.1. The molecule has 0 spiro atoms. The maximum Gasteiger partial charge on any atom is 0.317 e. The molecule has 1 aromatic rings. The zero-order valence-electron chi connectivity index (χ0n) is 9.34. The Morgan fingerprint density at radius 2 is 2.25 bits per heavy atom. The molecule has 3 heteroatoms. The fourth-order valence-electron chi connectivity index (χ4n) is 1.15. The fraction of sp³-hybridized carbons (Fsp3) is 0.308. The van der Waals surface area contributed by atoms with Gasteiger partial charge in [0.2, 0.25) is 0 Å². The number of hydrogen-bond donors (Lipinski definition) is 0. The van der Waals surface area contributed by atoms with Crippen LogP contribution in [0.3, 0.4) is 0 Å². The highest BCUT2D eigenvalue weighted by Crippen LogP contribution is 2.14. The average molecular weight is 281 g/mol. The summed E-state index contributed by atoms with van der Waals surface area (Å²) in [6, 6.07) is 5.89. The third-order valence-electron chi connectivity index (χ3n) is 1.96. The summed E-state index contributed by atoms with van der Waals surface area (Å²) < 4.78 is 5.77. The quantitative estimate of drug-likeness (QED) is 0.615. The number of carbonyl (C=O) groups is 1. The van der Waals surface area contributed by atoms with E-state index in [0.717, 1.165) is 15.6 Å². The van der Waals surface area contributed by atoms with Crippen molar-refractivity contribution in [2.24, 2.45) is 0 Å². The highest BCUT2D eigenvalue weighted by molar-refractivity contribution is 9.10. The molecule has 0 amide bonds. The average Bonchev–Trinajstić information content (AvgIpc) is 2.23. The third kappa shape index (κ3) is 4.08. The molecule has 0 aromatic heterocycles. The number of rotatable bonds is 2. The van der Waals surface area contributed by atoms with Gasteiger partial charge in [-0.2, -0.15) is 0 Å². The van der Waals surface area contributed by atoms with Crippen molar-refractivity contribution in [3.05, 3.63) is 33.8 Å². The molecule has 0 N–H and O–H groups in total. The van der Waals surface area contributed by atoms with Crippen molar-refractivity contribution < 1.29 is 9.53 Å². The van der Waals surface area contributed by atoms with Crippen LogP contribution in [-0.2, 0) is 9.53 Å². The van der Waals surface area contributed by atoms with Crippen LogP contribution in [-0.4, -0.2) is 12.6 Å². The summed E-state index contributed by atoms with van der Waals surface area (Å²) >= 11 is 3.38. The first-order valence-electron chi connectivity index (χ1n) is 5.04. The first kappa shape index (κ1) is 12.8. The van der Waals surface area contributed by atoms with E-state index in [1.165, 1.54) is 0 Å². The van der Waals surface area contributed by atoms with Crippen molar-refractivity contribution >= 4 is 21.9 Å². The lowest BCUT2D eigenvalue weighted by atomic mass is 10.1. The Kier molecular flexibility index (Phi) is 5.07. The SMILES string of the molecule is CCOC(=O)CC#Cc1cc(Br)ccc1C. The lowest BCUT2D eigenvalue weighted by Gasteiger charge is -1.98. The zero-order valence-corrected chi connectivity index (χ0v) is 10.9. The Labute approximate surface area is 104 Å². The van der Waals surface area contributed by atoms with Crippen LogP contribution in [0.15, 0.2) is 22.7 Å². The topological polar surface area (TPSA) is 26.3 Å². The standard InChI is InChI=1S/C13H13BrO2/c1-3-16-13(15)6-4-5-11-9-12(14)8-7-10(11)2/h7-9H,3,6H2,1-2H3. The third-order valence-corrected chi connectivity index (χ3v) is 2.45. The minimum Gasteiger partial charge on any atom is -0.465 e. The molecule has 0 fully saturated rings. The first-order chi connectivity index (χ1) is 7.63. The Bertz CT molecular complexity index is 441. The highest BCUT2D eigenvalue weighted by atomic mass is 79.9. The predicted molar refractivity (Wildman–Crippen MR) is 67.0 cm³/mol. The van der Waals surface area contributed by atoms with Crippen molar-refractivity contribution in [3.63, 3.8) is 0 Å². The lowest BCUT2D eigenvalue weighted by Crippen LogP contribution is -2.01. The van der Waals surface area contributed by atoms with E-state index in [4.69, 9.17) is 4.74 Å². The van der Waals surface area contributed by atoms with Crippen molar-refractivity contribution in [3.8, 4) is 11.8 Å². The summed E-state index contributed by atoms with van der Waals surface area (Å²) in [6.07, 6.45) is 0.139. The molecule has 1 rings (SSSR count). The molecule has 0 atom stereocenters. The molecule has 0 heterocycles. The van der Waals surface area contributed by atoms with Crippen LogP contribution in [0, 0.1) is 18.8 Å². The monoisotopic (exact) mass is 280 g/mol. The van der Waals surface area contributed by atoms with Gasteiger partial charge in [0.05, 0.1) is 6.61 Å². The molecule has 0 aliphatic rings. The van der Waals surface area contributed by atoms with E-state index in [9.17, 15) is 4.79 Å². The summed E-state index contributed by atoms with van der Waals surface area (Å²) in [6.45, 7) is 4.17. The maximum atomic E-state index is 11.1. The van der Waals surface area contributed by atoms with Gasteiger partial charge in [-0.05, 0) is 31.5 Å². The number of ether oxygens (including phenoxy) is 1. The van der Waals surface area contributed by atoms with Crippen LogP contribution in [0.4, 0.5) is 0 Å². The summed E-state index contributed by atoms with van der Waals surface area (Å²) in [7, 11) is 0. The lowest BCUT2D eigenvalue weighted by molar-refractivity contribution is -0.141. The van der Waals surface area contributed by atoms with Crippen LogP contribution in [0.2, 0.25) is 0 Å². The van der Waals surface area contributed by atoms with Gasteiger partial charge in [-0.1, -0.05) is 33.8 Å². The van der Waals surface area contributed by atoms with Crippen molar-refractivity contribution in [1.29, 1.82) is 0 Å². The van der Waals surface area contributed by atoms with Gasteiger partial charge < -0.3 is 4.74 Å². The second-order valence-electron chi connectivity index (χ2n) is 3.24. The Morgan fingerprint density at radius 1 is 1.50 bits per heavy atom. The molecule has 0 aliphatic carbocycles. The van der Waals surface area contributed by atoms with Gasteiger partial charge in [-0.3, -0.25) is 4.79 Å². The molecule has 84 valence electrons. The van der Waals surface area contributed by atoms with Crippen molar-refractivity contribution in [2.45, 2.75) is 20.3 Å². The summed E-state index contributed by atoms with van der Waals surface area (Å²) in [5.41, 5.74) is 2.03. The molecule has 0 unspecified atom stereocenters. The van der Waals surface area contributed by atoms with E-state index in [1.807, 2.05) is 25.1 Å². The molecular formula is C13H13BrO2. The minimum atomic E-state index is -0.275. The number of aryl methyl sites for hydroxylation is 1. The molecule has 0 radical (unpaired) electrons. The number of esters is 1.